The maximum atomic E-state index is 11.7. The van der Waals surface area contributed by atoms with Crippen LogP contribution < -0.4 is 4.74 Å². The van der Waals surface area contributed by atoms with Crippen molar-refractivity contribution in [2.24, 2.45) is 0 Å². The SMILES string of the molecule is CCCCCCCOc1cc(I)c(Cl)cc1C(=O)OC. The summed E-state index contributed by atoms with van der Waals surface area (Å²) in [6.07, 6.45) is 5.84. The molecule has 0 radical (unpaired) electrons. The van der Waals surface area contributed by atoms with Crippen LogP contribution in [0.15, 0.2) is 12.1 Å². The van der Waals surface area contributed by atoms with Gasteiger partial charge >= 0.3 is 5.97 Å². The third-order valence-corrected chi connectivity index (χ3v) is 4.46. The summed E-state index contributed by atoms with van der Waals surface area (Å²) in [5.41, 5.74) is 0.381. The van der Waals surface area contributed by atoms with E-state index >= 15 is 0 Å². The predicted octanol–water partition coefficient (Wildman–Crippen LogP) is 5.08. The number of ether oxygens (including phenoxy) is 2. The molecule has 0 aliphatic heterocycles. The standard InChI is InChI=1S/C15H20ClIO3/c1-3-4-5-6-7-8-20-14-10-13(17)12(16)9-11(14)15(18)19-2/h9-10H,3-8H2,1-2H3. The molecule has 20 heavy (non-hydrogen) atoms. The summed E-state index contributed by atoms with van der Waals surface area (Å²) in [5, 5.41) is 0.529. The quantitative estimate of drug-likeness (QED) is 0.340. The Bertz CT molecular complexity index is 449. The van der Waals surface area contributed by atoms with Crippen molar-refractivity contribution >= 4 is 40.2 Å². The second kappa shape index (κ2) is 9.45. The lowest BCUT2D eigenvalue weighted by Gasteiger charge is -2.11. The van der Waals surface area contributed by atoms with Crippen LogP contribution in [0.1, 0.15) is 49.4 Å². The summed E-state index contributed by atoms with van der Waals surface area (Å²) in [7, 11) is 1.35. The topological polar surface area (TPSA) is 35.5 Å². The van der Waals surface area contributed by atoms with E-state index in [0.29, 0.717) is 22.9 Å². The highest BCUT2D eigenvalue weighted by Gasteiger charge is 2.16. The van der Waals surface area contributed by atoms with Crippen LogP contribution >= 0.6 is 34.2 Å². The first-order chi connectivity index (χ1) is 9.60. The van der Waals surface area contributed by atoms with Crippen LogP contribution in [0.3, 0.4) is 0 Å². The molecule has 0 aromatic heterocycles. The fourth-order valence-electron chi connectivity index (χ4n) is 1.81. The number of rotatable bonds is 8. The molecule has 0 spiro atoms. The van der Waals surface area contributed by atoms with Crippen LogP contribution in [0.25, 0.3) is 0 Å². The fraction of sp³-hybridized carbons (Fsp3) is 0.533. The van der Waals surface area contributed by atoms with Crippen LogP contribution in [0.4, 0.5) is 0 Å². The third-order valence-electron chi connectivity index (χ3n) is 2.93. The number of hydrogen-bond acceptors (Lipinski definition) is 3. The molecular formula is C15H20ClIO3. The lowest BCUT2D eigenvalue weighted by atomic mass is 10.1. The molecule has 0 fully saturated rings. The molecule has 0 N–H and O–H groups in total. The van der Waals surface area contributed by atoms with Crippen molar-refractivity contribution in [3.8, 4) is 5.75 Å². The molecule has 1 aromatic carbocycles. The van der Waals surface area contributed by atoms with Gasteiger partial charge in [0.05, 0.1) is 18.7 Å². The van der Waals surface area contributed by atoms with Crippen LogP contribution in [0, 0.1) is 3.57 Å². The Kier molecular flexibility index (Phi) is 8.30. The maximum absolute atomic E-state index is 11.7. The Morgan fingerprint density at radius 2 is 1.95 bits per heavy atom. The van der Waals surface area contributed by atoms with Gasteiger partial charge in [-0.05, 0) is 41.1 Å². The Hall–Kier alpha value is -0.490. The van der Waals surface area contributed by atoms with E-state index in [0.717, 1.165) is 16.4 Å². The average Bonchev–Trinajstić information content (AvgIpc) is 2.45. The summed E-state index contributed by atoms with van der Waals surface area (Å²) >= 11 is 8.15. The van der Waals surface area contributed by atoms with Gasteiger partial charge in [0.1, 0.15) is 11.3 Å². The fourth-order valence-corrected chi connectivity index (χ4v) is 2.41. The predicted molar refractivity (Wildman–Crippen MR) is 89.8 cm³/mol. The molecule has 0 saturated carbocycles. The Balaban J connectivity index is 2.63. The van der Waals surface area contributed by atoms with Crippen molar-refractivity contribution in [3.05, 3.63) is 26.3 Å². The molecular weight excluding hydrogens is 391 g/mol. The number of esters is 1. The van der Waals surface area contributed by atoms with Crippen molar-refractivity contribution in [1.82, 2.24) is 0 Å². The molecule has 0 heterocycles. The van der Waals surface area contributed by atoms with Gasteiger partial charge in [0, 0.05) is 3.57 Å². The van der Waals surface area contributed by atoms with E-state index in [1.807, 2.05) is 0 Å². The molecule has 0 amide bonds. The number of carbonyl (C=O) groups is 1. The van der Waals surface area contributed by atoms with Gasteiger partial charge in [-0.2, -0.15) is 0 Å². The number of halogens is 2. The number of unbranched alkanes of at least 4 members (excludes halogenated alkanes) is 4. The van der Waals surface area contributed by atoms with Crippen LogP contribution in [0.2, 0.25) is 5.02 Å². The molecule has 5 heteroatoms. The summed E-state index contributed by atoms with van der Waals surface area (Å²) in [6.45, 7) is 2.79. The summed E-state index contributed by atoms with van der Waals surface area (Å²) in [4.78, 5) is 11.7. The van der Waals surface area contributed by atoms with Crippen molar-refractivity contribution < 1.29 is 14.3 Å². The monoisotopic (exact) mass is 410 g/mol. The summed E-state index contributed by atoms with van der Waals surface area (Å²) in [5.74, 6) is 0.116. The number of carbonyl (C=O) groups excluding carboxylic acids is 1. The van der Waals surface area contributed by atoms with Gasteiger partial charge in [-0.25, -0.2) is 4.79 Å². The second-order valence-electron chi connectivity index (χ2n) is 4.52. The number of methoxy groups -OCH3 is 1. The highest BCUT2D eigenvalue weighted by Crippen LogP contribution is 2.29. The molecule has 0 aliphatic carbocycles. The molecule has 112 valence electrons. The number of benzene rings is 1. The first-order valence-electron chi connectivity index (χ1n) is 6.80. The third kappa shape index (κ3) is 5.48. The van der Waals surface area contributed by atoms with Crippen molar-refractivity contribution in [2.45, 2.75) is 39.0 Å². The van der Waals surface area contributed by atoms with Gasteiger partial charge in [-0.3, -0.25) is 0 Å². The van der Waals surface area contributed by atoms with Crippen LogP contribution in [-0.4, -0.2) is 19.7 Å². The van der Waals surface area contributed by atoms with Gasteiger partial charge in [-0.1, -0.05) is 44.2 Å². The maximum Gasteiger partial charge on any atom is 0.341 e. The van der Waals surface area contributed by atoms with Gasteiger partial charge in [0.25, 0.3) is 0 Å². The molecule has 0 unspecified atom stereocenters. The number of hydrogen-bond donors (Lipinski definition) is 0. The van der Waals surface area contributed by atoms with Gasteiger partial charge in [0.15, 0.2) is 0 Å². The van der Waals surface area contributed by atoms with E-state index < -0.39 is 5.97 Å². The van der Waals surface area contributed by atoms with Crippen molar-refractivity contribution in [3.63, 3.8) is 0 Å². The van der Waals surface area contributed by atoms with E-state index in [-0.39, 0.29) is 0 Å². The highest BCUT2D eigenvalue weighted by molar-refractivity contribution is 14.1. The van der Waals surface area contributed by atoms with Gasteiger partial charge in [0.2, 0.25) is 0 Å². The molecule has 1 rings (SSSR count). The van der Waals surface area contributed by atoms with Crippen LogP contribution in [0.5, 0.6) is 5.75 Å². The van der Waals surface area contributed by atoms with E-state index in [1.165, 1.54) is 26.4 Å². The molecule has 1 aromatic rings. The van der Waals surface area contributed by atoms with E-state index in [1.54, 1.807) is 12.1 Å². The molecule has 0 atom stereocenters. The Morgan fingerprint density at radius 3 is 2.60 bits per heavy atom. The van der Waals surface area contributed by atoms with Crippen molar-refractivity contribution in [1.29, 1.82) is 0 Å². The minimum Gasteiger partial charge on any atom is -0.493 e. The zero-order chi connectivity index (χ0) is 15.0. The average molecular weight is 411 g/mol. The smallest absolute Gasteiger partial charge is 0.341 e. The minimum atomic E-state index is -0.427. The normalized spacial score (nSPS) is 10.4. The molecule has 3 nitrogen and oxygen atoms in total. The van der Waals surface area contributed by atoms with Gasteiger partial charge < -0.3 is 9.47 Å². The highest BCUT2D eigenvalue weighted by atomic mass is 127. The molecule has 0 bridgehead atoms. The second-order valence-corrected chi connectivity index (χ2v) is 6.09. The largest absolute Gasteiger partial charge is 0.493 e. The van der Waals surface area contributed by atoms with Gasteiger partial charge in [-0.15, -0.1) is 0 Å². The van der Waals surface area contributed by atoms with E-state index in [4.69, 9.17) is 21.1 Å². The lowest BCUT2D eigenvalue weighted by molar-refractivity contribution is 0.0596. The zero-order valence-electron chi connectivity index (χ0n) is 11.9. The Labute approximate surface area is 139 Å². The van der Waals surface area contributed by atoms with E-state index in [9.17, 15) is 4.79 Å². The lowest BCUT2D eigenvalue weighted by Crippen LogP contribution is -2.07. The summed E-state index contributed by atoms with van der Waals surface area (Å²) in [6, 6.07) is 3.38. The Morgan fingerprint density at radius 1 is 1.25 bits per heavy atom. The summed E-state index contributed by atoms with van der Waals surface area (Å²) < 4.78 is 11.3. The first-order valence-corrected chi connectivity index (χ1v) is 8.26. The first kappa shape index (κ1) is 17.6. The van der Waals surface area contributed by atoms with E-state index in [2.05, 4.69) is 29.5 Å². The van der Waals surface area contributed by atoms with Crippen LogP contribution in [-0.2, 0) is 4.74 Å². The molecule has 0 saturated heterocycles. The molecule has 0 aliphatic rings. The minimum absolute atomic E-state index is 0.381. The van der Waals surface area contributed by atoms with Crippen molar-refractivity contribution in [2.75, 3.05) is 13.7 Å². The zero-order valence-corrected chi connectivity index (χ0v) is 14.8.